The molecule has 4 heterocycles. The van der Waals surface area contributed by atoms with Crippen molar-refractivity contribution in [2.24, 2.45) is 5.41 Å². The van der Waals surface area contributed by atoms with E-state index in [1.165, 1.54) is 11.2 Å². The fraction of sp³-hybridized carbons (Fsp3) is 0.684. The Hall–Kier alpha value is -1.72. The summed E-state index contributed by atoms with van der Waals surface area (Å²) in [6, 6.07) is 1.63. The normalized spacial score (nSPS) is 30.1. The highest BCUT2D eigenvalue weighted by molar-refractivity contribution is 7.89. The minimum atomic E-state index is -4.64. The van der Waals surface area contributed by atoms with Gasteiger partial charge >= 0.3 is 6.18 Å². The molecule has 0 spiro atoms. The van der Waals surface area contributed by atoms with Crippen LogP contribution in [0.2, 0.25) is 0 Å². The maximum absolute atomic E-state index is 13.1. The third-order valence-corrected chi connectivity index (χ3v) is 8.41. The largest absolute Gasteiger partial charge is 0.433 e. The minimum Gasteiger partial charge on any atom is -0.375 e. The Morgan fingerprint density at radius 1 is 1.17 bits per heavy atom. The molecular weight excluding hydrogens is 423 g/mol. The zero-order chi connectivity index (χ0) is 21.9. The van der Waals surface area contributed by atoms with Crippen molar-refractivity contribution >= 4 is 15.9 Å². The van der Waals surface area contributed by atoms with Crippen molar-refractivity contribution in [3.63, 3.8) is 0 Å². The van der Waals surface area contributed by atoms with Crippen LogP contribution >= 0.6 is 0 Å². The van der Waals surface area contributed by atoms with E-state index in [2.05, 4.69) is 4.98 Å². The lowest BCUT2D eigenvalue weighted by molar-refractivity contribution is -0.221. The van der Waals surface area contributed by atoms with E-state index in [0.29, 0.717) is 31.9 Å². The predicted octanol–water partition coefficient (Wildman–Crippen LogP) is 2.20. The van der Waals surface area contributed by atoms with Crippen LogP contribution in [0.25, 0.3) is 0 Å². The van der Waals surface area contributed by atoms with Crippen LogP contribution in [-0.2, 0) is 25.7 Å². The number of sulfonamides is 1. The quantitative estimate of drug-likeness (QED) is 0.710. The molecule has 2 bridgehead atoms. The second-order valence-corrected chi connectivity index (χ2v) is 10.6. The van der Waals surface area contributed by atoms with Crippen LogP contribution in [0.5, 0.6) is 0 Å². The van der Waals surface area contributed by atoms with Crippen molar-refractivity contribution in [3.8, 4) is 0 Å². The number of nitrogens with zero attached hydrogens (tertiary/aromatic N) is 3. The van der Waals surface area contributed by atoms with Crippen LogP contribution in [0.3, 0.4) is 0 Å². The number of hydrogen-bond donors (Lipinski definition) is 0. The number of ether oxygens (including phenoxy) is 1. The Balaban J connectivity index is 1.44. The van der Waals surface area contributed by atoms with Gasteiger partial charge in [0.05, 0.1) is 16.7 Å². The maximum Gasteiger partial charge on any atom is 0.433 e. The summed E-state index contributed by atoms with van der Waals surface area (Å²) >= 11 is 0. The first-order valence-corrected chi connectivity index (χ1v) is 11.3. The van der Waals surface area contributed by atoms with E-state index >= 15 is 0 Å². The summed E-state index contributed by atoms with van der Waals surface area (Å²) < 4.78 is 71.2. The van der Waals surface area contributed by atoms with Gasteiger partial charge in [0.25, 0.3) is 0 Å². The Labute approximate surface area is 173 Å². The third-order valence-electron chi connectivity index (χ3n) is 6.38. The Morgan fingerprint density at radius 2 is 1.80 bits per heavy atom. The van der Waals surface area contributed by atoms with Crippen LogP contribution in [0, 0.1) is 12.3 Å². The lowest BCUT2D eigenvalue weighted by Gasteiger charge is -2.58. The molecule has 0 unspecified atom stereocenters. The monoisotopic (exact) mass is 447 g/mol. The predicted molar refractivity (Wildman–Crippen MR) is 100.0 cm³/mol. The molecule has 4 aliphatic rings. The number of hydrogen-bond acceptors (Lipinski definition) is 5. The fourth-order valence-corrected chi connectivity index (χ4v) is 6.58. The number of piperazine rings is 1. The molecule has 30 heavy (non-hydrogen) atoms. The van der Waals surface area contributed by atoms with E-state index < -0.39 is 27.3 Å². The van der Waals surface area contributed by atoms with E-state index in [4.69, 9.17) is 4.74 Å². The number of aromatic nitrogens is 1. The SMILES string of the molecule is Cc1nc(C(F)(F)F)ccc1S(=O)(=O)N1CCN(C(=O)C23CCOC(C)(C2)C3)CC1. The van der Waals surface area contributed by atoms with Crippen molar-refractivity contribution in [1.29, 1.82) is 0 Å². The number of carbonyl (C=O) groups is 1. The Morgan fingerprint density at radius 3 is 2.33 bits per heavy atom. The van der Waals surface area contributed by atoms with Crippen molar-refractivity contribution in [2.75, 3.05) is 32.8 Å². The number of carbonyl (C=O) groups excluding carboxylic acids is 1. The highest BCUT2D eigenvalue weighted by Gasteiger charge is 2.61. The smallest absolute Gasteiger partial charge is 0.375 e. The van der Waals surface area contributed by atoms with Crippen molar-refractivity contribution < 1.29 is 31.1 Å². The van der Waals surface area contributed by atoms with Crippen LogP contribution < -0.4 is 0 Å². The van der Waals surface area contributed by atoms with Gasteiger partial charge in [-0.25, -0.2) is 13.4 Å². The highest BCUT2D eigenvalue weighted by Crippen LogP contribution is 2.57. The number of alkyl halides is 3. The lowest BCUT2D eigenvalue weighted by Crippen LogP contribution is -2.64. The van der Waals surface area contributed by atoms with Crippen molar-refractivity contribution in [3.05, 3.63) is 23.5 Å². The maximum atomic E-state index is 13.1. The summed E-state index contributed by atoms with van der Waals surface area (Å²) in [5.74, 6) is 0.0488. The molecule has 1 saturated carbocycles. The van der Waals surface area contributed by atoms with Crippen LogP contribution in [0.1, 0.15) is 37.6 Å². The molecular formula is C19H24F3N3O4S. The zero-order valence-electron chi connectivity index (χ0n) is 16.8. The summed E-state index contributed by atoms with van der Waals surface area (Å²) in [5, 5.41) is 0. The molecule has 5 rings (SSSR count). The first-order chi connectivity index (χ1) is 13.9. The van der Waals surface area contributed by atoms with Crippen molar-refractivity contribution in [1.82, 2.24) is 14.2 Å². The van der Waals surface area contributed by atoms with E-state index in [0.717, 1.165) is 6.07 Å². The summed E-state index contributed by atoms with van der Waals surface area (Å²) in [7, 11) is -4.00. The summed E-state index contributed by atoms with van der Waals surface area (Å²) in [6.45, 7) is 4.50. The number of halogens is 3. The summed E-state index contributed by atoms with van der Waals surface area (Å²) in [4.78, 5) is 17.9. The van der Waals surface area contributed by atoms with Gasteiger partial charge in [-0.05, 0) is 45.2 Å². The topological polar surface area (TPSA) is 79.8 Å². The fourth-order valence-electron chi connectivity index (χ4n) is 4.99. The van der Waals surface area contributed by atoms with Crippen molar-refractivity contribution in [2.45, 2.75) is 49.8 Å². The van der Waals surface area contributed by atoms with Gasteiger partial charge in [-0.15, -0.1) is 0 Å². The van der Waals surface area contributed by atoms with Gasteiger partial charge in [-0.1, -0.05) is 0 Å². The second kappa shape index (κ2) is 6.89. The van der Waals surface area contributed by atoms with Crippen LogP contribution in [-0.4, -0.2) is 66.9 Å². The number of rotatable bonds is 3. The Kier molecular flexibility index (Phi) is 4.94. The molecule has 166 valence electrons. The molecule has 1 aromatic rings. The van der Waals surface area contributed by atoms with Gasteiger partial charge < -0.3 is 9.64 Å². The molecule has 0 N–H and O–H groups in total. The third kappa shape index (κ3) is 3.50. The zero-order valence-corrected chi connectivity index (χ0v) is 17.6. The molecule has 0 aromatic carbocycles. The van der Waals surface area contributed by atoms with Gasteiger partial charge in [0, 0.05) is 32.8 Å². The lowest BCUT2D eigenvalue weighted by atomic mass is 9.55. The van der Waals surface area contributed by atoms with Gasteiger partial charge in [-0.3, -0.25) is 4.79 Å². The summed E-state index contributed by atoms with van der Waals surface area (Å²) in [6.07, 6.45) is -2.59. The number of aryl methyl sites for hydroxylation is 1. The molecule has 4 fully saturated rings. The van der Waals surface area contributed by atoms with Crippen LogP contribution in [0.4, 0.5) is 13.2 Å². The molecule has 1 aliphatic carbocycles. The highest BCUT2D eigenvalue weighted by atomic mass is 32.2. The Bertz CT molecular complexity index is 966. The molecule has 3 aliphatic heterocycles. The number of fused-ring (bicyclic) bond motifs is 2. The van der Waals surface area contributed by atoms with Gasteiger partial charge in [-0.2, -0.15) is 17.5 Å². The standard InChI is InChI=1S/C19H24F3N3O4S/c1-13-14(3-4-15(23-13)19(20,21)22)30(27,28)25-8-6-24(7-9-25)16(26)18-5-10-29-17(2,11-18)12-18/h3-4H,5-12H2,1-2H3. The molecule has 1 aromatic heterocycles. The van der Waals surface area contributed by atoms with Gasteiger partial charge in [0.15, 0.2) is 0 Å². The van der Waals surface area contributed by atoms with E-state index in [1.54, 1.807) is 4.90 Å². The van der Waals surface area contributed by atoms with Gasteiger partial charge in [0.2, 0.25) is 15.9 Å². The molecule has 0 radical (unpaired) electrons. The first-order valence-electron chi connectivity index (χ1n) is 9.85. The average Bonchev–Trinajstić information content (AvgIpc) is 2.65. The molecule has 3 saturated heterocycles. The second-order valence-electron chi connectivity index (χ2n) is 8.66. The molecule has 7 nitrogen and oxygen atoms in total. The average molecular weight is 447 g/mol. The van der Waals surface area contributed by atoms with E-state index in [-0.39, 0.29) is 48.3 Å². The summed E-state index contributed by atoms with van der Waals surface area (Å²) in [5.41, 5.74) is -1.95. The van der Waals surface area contributed by atoms with Gasteiger partial charge in [0.1, 0.15) is 10.6 Å². The number of pyridine rings is 1. The first kappa shape index (κ1) is 21.5. The molecule has 11 heteroatoms. The number of amides is 1. The minimum absolute atomic E-state index is 0.0488. The van der Waals surface area contributed by atoms with Crippen LogP contribution in [0.15, 0.2) is 17.0 Å². The van der Waals surface area contributed by atoms with E-state index in [1.807, 2.05) is 6.92 Å². The van der Waals surface area contributed by atoms with E-state index in [9.17, 15) is 26.4 Å². The molecule has 0 atom stereocenters. The molecule has 1 amide bonds.